The van der Waals surface area contributed by atoms with Crippen molar-refractivity contribution in [2.45, 2.75) is 44.1 Å². The van der Waals surface area contributed by atoms with Gasteiger partial charge in [0.25, 0.3) is 5.91 Å². The summed E-state index contributed by atoms with van der Waals surface area (Å²) in [6.45, 7) is -0.171. The number of halogens is 3. The first-order valence-corrected chi connectivity index (χ1v) is 10.1. The summed E-state index contributed by atoms with van der Waals surface area (Å²) >= 11 is 5.71. The monoisotopic (exact) mass is 463 g/mol. The third-order valence-electron chi connectivity index (χ3n) is 5.38. The first-order chi connectivity index (χ1) is 16.3. The predicted octanol–water partition coefficient (Wildman–Crippen LogP) is 3.39. The van der Waals surface area contributed by atoms with Crippen molar-refractivity contribution in [1.29, 1.82) is 0 Å². The number of nitrogens with one attached hydrogen (secondary N) is 1. The summed E-state index contributed by atoms with van der Waals surface area (Å²) in [5.41, 5.74) is 0.650. The highest BCUT2D eigenvalue weighted by Crippen LogP contribution is 2.32. The Balaban J connectivity index is 1.49. The number of hydrogen-bond donors (Lipinski definition) is 1. The number of carbonyl (C=O) groups excluding carboxylic acids is 4. The second-order valence-corrected chi connectivity index (χ2v) is 7.93. The summed E-state index contributed by atoms with van der Waals surface area (Å²) in [5, 5.41) is 2.18. The van der Waals surface area contributed by atoms with E-state index in [1.807, 2.05) is 5.32 Å². The van der Waals surface area contributed by atoms with Gasteiger partial charge in [-0.2, -0.15) is 8.78 Å². The second kappa shape index (κ2) is 8.43. The Morgan fingerprint density at radius 2 is 1.91 bits per heavy atom. The molecular weight excluding hydrogens is 442 g/mol. The number of alkyl halides is 2. The van der Waals surface area contributed by atoms with E-state index in [9.17, 15) is 28.0 Å². The number of carbonyl (C=O) groups is 4. The van der Waals surface area contributed by atoms with Crippen LogP contribution in [0.25, 0.3) is 0 Å². The molecule has 32 heavy (non-hydrogen) atoms. The minimum atomic E-state index is -3.70. The van der Waals surface area contributed by atoms with E-state index in [4.69, 9.17) is 15.7 Å². The number of Topliss-reactive ketones (excluding diaryl/α,β-unsaturated/α-hetero) is 1. The van der Waals surface area contributed by atoms with Crippen LogP contribution in [0.4, 0.5) is 8.78 Å². The van der Waals surface area contributed by atoms with Crippen molar-refractivity contribution in [1.82, 2.24) is 10.2 Å². The molecule has 2 atom stereocenters. The number of imide groups is 1. The highest BCUT2D eigenvalue weighted by molar-refractivity contribution is 6.30. The Labute approximate surface area is 191 Å². The van der Waals surface area contributed by atoms with Crippen molar-refractivity contribution in [3.05, 3.63) is 69.7 Å². The summed E-state index contributed by atoms with van der Waals surface area (Å²) < 4.78 is 53.0. The molecule has 2 heterocycles. The molecule has 1 fully saturated rings. The molecular formula is C23H19ClF2N2O4. The molecule has 0 radical (unpaired) electrons. The molecule has 2 aliphatic rings. The molecule has 9 heteroatoms. The molecule has 1 N–H and O–H groups in total. The van der Waals surface area contributed by atoms with Crippen LogP contribution in [0, 0.1) is 0 Å². The van der Waals surface area contributed by atoms with Crippen molar-refractivity contribution in [3.63, 3.8) is 0 Å². The molecule has 2 unspecified atom stereocenters. The largest absolute Gasteiger partial charge is 0.330 e. The maximum absolute atomic E-state index is 14.5. The molecule has 0 aliphatic carbocycles. The van der Waals surface area contributed by atoms with Gasteiger partial charge in [-0.3, -0.25) is 24.5 Å². The highest BCUT2D eigenvalue weighted by atomic mass is 35.5. The zero-order valence-corrected chi connectivity index (χ0v) is 17.3. The van der Waals surface area contributed by atoms with E-state index in [1.165, 1.54) is 24.3 Å². The fraction of sp³-hybridized carbons (Fsp3) is 0.304. The minimum Gasteiger partial charge on any atom is -0.322 e. The SMILES string of the molecule is [2H]C1C(=O)NC(=O)C(N2Cc3cc(CCC(=O)C(F)(F)c4ccc(Cl)cc4)ccc3C2=O)C1([2H])[2H]. The van der Waals surface area contributed by atoms with E-state index < -0.39 is 60.2 Å². The molecule has 2 aromatic carbocycles. The highest BCUT2D eigenvalue weighted by Gasteiger charge is 2.41. The van der Waals surface area contributed by atoms with E-state index in [0.29, 0.717) is 11.1 Å². The number of ketones is 1. The van der Waals surface area contributed by atoms with Crippen molar-refractivity contribution in [2.24, 2.45) is 0 Å². The van der Waals surface area contributed by atoms with Gasteiger partial charge in [-0.15, -0.1) is 0 Å². The topological polar surface area (TPSA) is 83.6 Å². The fourth-order valence-corrected chi connectivity index (χ4v) is 3.81. The van der Waals surface area contributed by atoms with Gasteiger partial charge in [0, 0.05) is 39.6 Å². The van der Waals surface area contributed by atoms with Crippen molar-refractivity contribution < 1.29 is 32.1 Å². The van der Waals surface area contributed by atoms with Gasteiger partial charge in [-0.05, 0) is 42.1 Å². The number of nitrogens with zero attached hydrogens (tertiary/aromatic N) is 1. The third-order valence-corrected chi connectivity index (χ3v) is 5.63. The lowest BCUT2D eigenvalue weighted by molar-refractivity contribution is -0.144. The summed E-state index contributed by atoms with van der Waals surface area (Å²) in [4.78, 5) is 50.1. The Bertz CT molecular complexity index is 1240. The van der Waals surface area contributed by atoms with Gasteiger partial charge in [-0.1, -0.05) is 35.9 Å². The van der Waals surface area contributed by atoms with E-state index in [1.54, 1.807) is 6.07 Å². The lowest BCUT2D eigenvalue weighted by Gasteiger charge is -2.29. The number of piperidine rings is 1. The Morgan fingerprint density at radius 1 is 1.19 bits per heavy atom. The van der Waals surface area contributed by atoms with Crippen LogP contribution in [-0.2, 0) is 33.3 Å². The van der Waals surface area contributed by atoms with Crippen LogP contribution in [0.1, 0.15) is 50.4 Å². The van der Waals surface area contributed by atoms with Crippen molar-refractivity contribution >= 4 is 35.1 Å². The van der Waals surface area contributed by atoms with E-state index in [0.717, 1.165) is 17.0 Å². The third kappa shape index (κ3) is 4.14. The average molecular weight is 464 g/mol. The molecule has 4 rings (SSSR count). The van der Waals surface area contributed by atoms with Gasteiger partial charge >= 0.3 is 5.92 Å². The second-order valence-electron chi connectivity index (χ2n) is 7.50. The number of aryl methyl sites for hydroxylation is 1. The number of fused-ring (bicyclic) bond motifs is 1. The Morgan fingerprint density at radius 3 is 2.62 bits per heavy atom. The van der Waals surface area contributed by atoms with Gasteiger partial charge < -0.3 is 4.90 Å². The predicted molar refractivity (Wildman–Crippen MR) is 111 cm³/mol. The average Bonchev–Trinajstić information content (AvgIpc) is 3.11. The van der Waals surface area contributed by atoms with Crippen LogP contribution in [0.2, 0.25) is 5.02 Å². The normalized spacial score (nSPS) is 23.8. The number of benzene rings is 2. The standard InChI is InChI=1S/C23H19ClF2N2O4/c24-16-5-3-15(4-6-16)23(25,26)19(29)9-2-13-1-7-17-14(11-13)12-28(22(17)32)18-8-10-20(30)27-21(18)31/h1,3-7,11,18H,2,8-10,12H2,(H,27,30,31)/i8D2,10D. The lowest BCUT2D eigenvalue weighted by atomic mass is 9.97. The molecule has 6 nitrogen and oxygen atoms in total. The Kier molecular flexibility index (Phi) is 4.86. The van der Waals surface area contributed by atoms with Gasteiger partial charge in [0.2, 0.25) is 17.6 Å². The fourth-order valence-electron chi connectivity index (χ4n) is 3.68. The first-order valence-electron chi connectivity index (χ1n) is 11.3. The van der Waals surface area contributed by atoms with Gasteiger partial charge in [-0.25, -0.2) is 0 Å². The first kappa shape index (κ1) is 18.4. The molecule has 1 saturated heterocycles. The summed E-state index contributed by atoms with van der Waals surface area (Å²) in [6.07, 6.45) is -5.01. The zero-order valence-electron chi connectivity index (χ0n) is 19.5. The molecule has 2 aliphatic heterocycles. The van der Waals surface area contributed by atoms with Gasteiger partial charge in [0.15, 0.2) is 0 Å². The maximum Gasteiger partial charge on any atom is 0.330 e. The zero-order chi connectivity index (χ0) is 25.7. The number of amides is 3. The molecule has 0 spiro atoms. The van der Waals surface area contributed by atoms with E-state index >= 15 is 0 Å². The van der Waals surface area contributed by atoms with Gasteiger partial charge in [0.1, 0.15) is 6.04 Å². The molecule has 0 aromatic heterocycles. The van der Waals surface area contributed by atoms with Crippen LogP contribution in [-0.4, -0.2) is 34.4 Å². The molecule has 2 aromatic rings. The summed E-state index contributed by atoms with van der Waals surface area (Å²) in [7, 11) is 0. The quantitative estimate of drug-likeness (QED) is 0.665. The van der Waals surface area contributed by atoms with E-state index in [-0.39, 0.29) is 23.6 Å². The summed E-state index contributed by atoms with van der Waals surface area (Å²) in [5.74, 6) is -7.72. The van der Waals surface area contributed by atoms with Crippen molar-refractivity contribution in [2.75, 3.05) is 0 Å². The minimum absolute atomic E-state index is 0.0302. The van der Waals surface area contributed by atoms with Crippen LogP contribution in [0.3, 0.4) is 0 Å². The van der Waals surface area contributed by atoms with Crippen LogP contribution in [0.5, 0.6) is 0 Å². The maximum atomic E-state index is 14.5. The van der Waals surface area contributed by atoms with Crippen LogP contribution in [0.15, 0.2) is 42.5 Å². The molecule has 166 valence electrons. The Hall–Kier alpha value is -3.13. The van der Waals surface area contributed by atoms with Crippen LogP contribution >= 0.6 is 11.6 Å². The molecule has 0 bridgehead atoms. The molecule has 0 saturated carbocycles. The lowest BCUT2D eigenvalue weighted by Crippen LogP contribution is -2.52. The van der Waals surface area contributed by atoms with Crippen molar-refractivity contribution in [3.8, 4) is 0 Å². The number of rotatable bonds is 6. The van der Waals surface area contributed by atoms with Crippen LogP contribution < -0.4 is 5.32 Å². The van der Waals surface area contributed by atoms with Gasteiger partial charge in [0.05, 0.1) is 0 Å². The van der Waals surface area contributed by atoms with E-state index in [2.05, 4.69) is 0 Å². The summed E-state index contributed by atoms with van der Waals surface area (Å²) in [6, 6.07) is 7.50. The number of hydrogen-bond acceptors (Lipinski definition) is 4. The smallest absolute Gasteiger partial charge is 0.322 e. The molecule has 3 amide bonds.